The molecule has 0 fully saturated rings. The van der Waals surface area contributed by atoms with Gasteiger partial charge in [0, 0.05) is 18.9 Å². The summed E-state index contributed by atoms with van der Waals surface area (Å²) in [5, 5.41) is 26.4. The van der Waals surface area contributed by atoms with Crippen molar-refractivity contribution in [1.82, 2.24) is 10.2 Å². The number of benzene rings is 1. The molecule has 0 saturated carbocycles. The number of carboxylic acids is 1. The second-order valence-corrected chi connectivity index (χ2v) is 4.17. The van der Waals surface area contributed by atoms with Gasteiger partial charge in [0.2, 0.25) is 5.89 Å². The zero-order valence-electron chi connectivity index (χ0n) is 10.7. The Morgan fingerprint density at radius 1 is 1.43 bits per heavy atom. The van der Waals surface area contributed by atoms with Gasteiger partial charge in [-0.2, -0.15) is 0 Å². The van der Waals surface area contributed by atoms with Crippen molar-refractivity contribution in [3.63, 3.8) is 0 Å². The lowest BCUT2D eigenvalue weighted by Gasteiger charge is -1.97. The van der Waals surface area contributed by atoms with E-state index in [1.165, 1.54) is 6.07 Å². The van der Waals surface area contributed by atoms with Gasteiger partial charge in [0.05, 0.1) is 16.6 Å². The number of halogens is 1. The van der Waals surface area contributed by atoms with E-state index in [0.29, 0.717) is 6.42 Å². The van der Waals surface area contributed by atoms with Crippen LogP contribution in [0.25, 0.3) is 11.5 Å². The van der Waals surface area contributed by atoms with Gasteiger partial charge in [0.1, 0.15) is 5.82 Å². The molecule has 110 valence electrons. The molecule has 0 bridgehead atoms. The maximum atomic E-state index is 13.8. The second kappa shape index (κ2) is 6.07. The van der Waals surface area contributed by atoms with Gasteiger partial charge in [-0.1, -0.05) is 0 Å². The number of carbonyl (C=O) groups is 1. The summed E-state index contributed by atoms with van der Waals surface area (Å²) < 4.78 is 19.0. The van der Waals surface area contributed by atoms with Crippen LogP contribution < -0.4 is 0 Å². The average molecular weight is 295 g/mol. The zero-order chi connectivity index (χ0) is 15.4. The third kappa shape index (κ3) is 3.59. The van der Waals surface area contributed by atoms with Crippen LogP contribution in [0.1, 0.15) is 18.7 Å². The van der Waals surface area contributed by atoms with E-state index in [1.54, 1.807) is 0 Å². The Bertz CT molecular complexity index is 685. The third-order valence-corrected chi connectivity index (χ3v) is 2.64. The molecule has 0 atom stereocenters. The van der Waals surface area contributed by atoms with Gasteiger partial charge in [-0.05, 0) is 12.5 Å². The molecule has 0 spiro atoms. The topological polar surface area (TPSA) is 119 Å². The normalized spacial score (nSPS) is 10.5. The van der Waals surface area contributed by atoms with E-state index in [4.69, 9.17) is 9.52 Å². The van der Waals surface area contributed by atoms with Crippen molar-refractivity contribution in [2.75, 3.05) is 0 Å². The van der Waals surface area contributed by atoms with E-state index in [2.05, 4.69) is 10.2 Å². The van der Waals surface area contributed by atoms with Crippen LogP contribution in [-0.4, -0.2) is 26.2 Å². The molecule has 9 heteroatoms. The molecule has 0 amide bonds. The summed E-state index contributed by atoms with van der Waals surface area (Å²) in [6.07, 6.45) is 0.539. The number of non-ortho nitro benzene ring substituents is 1. The van der Waals surface area contributed by atoms with Gasteiger partial charge in [0.15, 0.2) is 0 Å². The van der Waals surface area contributed by atoms with Crippen molar-refractivity contribution in [3.8, 4) is 11.5 Å². The monoisotopic (exact) mass is 295 g/mol. The largest absolute Gasteiger partial charge is 0.481 e. The van der Waals surface area contributed by atoms with E-state index in [9.17, 15) is 19.3 Å². The van der Waals surface area contributed by atoms with Crippen molar-refractivity contribution < 1.29 is 23.6 Å². The summed E-state index contributed by atoms with van der Waals surface area (Å²) in [7, 11) is 0. The number of nitro benzene ring substituents is 1. The Morgan fingerprint density at radius 3 is 2.81 bits per heavy atom. The highest BCUT2D eigenvalue weighted by Gasteiger charge is 2.16. The lowest BCUT2D eigenvalue weighted by molar-refractivity contribution is -0.385. The minimum atomic E-state index is -0.934. The Morgan fingerprint density at radius 2 is 2.19 bits per heavy atom. The number of nitro groups is 1. The first-order chi connectivity index (χ1) is 9.97. The zero-order valence-corrected chi connectivity index (χ0v) is 10.7. The number of rotatable bonds is 6. The predicted molar refractivity (Wildman–Crippen MR) is 66.9 cm³/mol. The first-order valence-electron chi connectivity index (χ1n) is 5.96. The number of aromatic nitrogens is 2. The van der Waals surface area contributed by atoms with Gasteiger partial charge in [-0.3, -0.25) is 14.9 Å². The minimum absolute atomic E-state index is 0.0381. The molecule has 2 aromatic rings. The van der Waals surface area contributed by atoms with Crippen LogP contribution in [-0.2, 0) is 11.2 Å². The molecule has 1 N–H and O–H groups in total. The lowest BCUT2D eigenvalue weighted by Crippen LogP contribution is -1.95. The first kappa shape index (κ1) is 14.6. The fraction of sp³-hybridized carbons (Fsp3) is 0.250. The number of aryl methyl sites for hydroxylation is 1. The molecule has 8 nitrogen and oxygen atoms in total. The molecule has 1 aromatic carbocycles. The first-order valence-corrected chi connectivity index (χ1v) is 5.96. The van der Waals surface area contributed by atoms with E-state index in [0.717, 1.165) is 12.1 Å². The van der Waals surface area contributed by atoms with E-state index >= 15 is 0 Å². The number of carboxylic acid groups (broad SMARTS) is 1. The van der Waals surface area contributed by atoms with Crippen molar-refractivity contribution in [2.24, 2.45) is 0 Å². The average Bonchev–Trinajstić information content (AvgIpc) is 2.86. The Hall–Kier alpha value is -2.84. The smallest absolute Gasteiger partial charge is 0.303 e. The van der Waals surface area contributed by atoms with Crippen molar-refractivity contribution in [2.45, 2.75) is 19.3 Å². The van der Waals surface area contributed by atoms with Gasteiger partial charge in [0.25, 0.3) is 11.6 Å². The molecule has 0 radical (unpaired) electrons. The highest BCUT2D eigenvalue weighted by molar-refractivity contribution is 5.66. The van der Waals surface area contributed by atoms with Gasteiger partial charge in [-0.25, -0.2) is 4.39 Å². The summed E-state index contributed by atoms with van der Waals surface area (Å²) in [4.78, 5) is 20.2. The van der Waals surface area contributed by atoms with Crippen LogP contribution >= 0.6 is 0 Å². The van der Waals surface area contributed by atoms with Crippen molar-refractivity contribution in [3.05, 3.63) is 40.0 Å². The number of nitrogens with zero attached hydrogens (tertiary/aromatic N) is 3. The maximum Gasteiger partial charge on any atom is 0.303 e. The molecule has 0 aliphatic rings. The van der Waals surface area contributed by atoms with E-state index < -0.39 is 16.7 Å². The van der Waals surface area contributed by atoms with E-state index in [1.807, 2.05) is 0 Å². The van der Waals surface area contributed by atoms with Crippen molar-refractivity contribution in [1.29, 1.82) is 0 Å². The molecule has 1 heterocycles. The molecular weight excluding hydrogens is 285 g/mol. The van der Waals surface area contributed by atoms with Crippen LogP contribution in [0.15, 0.2) is 22.6 Å². The third-order valence-electron chi connectivity index (χ3n) is 2.64. The van der Waals surface area contributed by atoms with Gasteiger partial charge >= 0.3 is 5.97 Å². The molecule has 0 saturated heterocycles. The van der Waals surface area contributed by atoms with E-state index in [-0.39, 0.29) is 35.9 Å². The lowest BCUT2D eigenvalue weighted by atomic mass is 10.2. The Balaban J connectivity index is 2.14. The van der Waals surface area contributed by atoms with Crippen LogP contribution in [0.3, 0.4) is 0 Å². The fourth-order valence-corrected chi connectivity index (χ4v) is 1.65. The predicted octanol–water partition coefficient (Wildman–Crippen LogP) is 2.19. The number of aliphatic carboxylic acids is 1. The Kier molecular flexibility index (Phi) is 4.21. The molecule has 0 aliphatic carbocycles. The molecule has 0 aliphatic heterocycles. The molecule has 0 unspecified atom stereocenters. The molecule has 2 rings (SSSR count). The SMILES string of the molecule is O=C(O)CCCc1nnc(-c2ccc([N+](=O)[O-])cc2F)o1. The highest BCUT2D eigenvalue weighted by Crippen LogP contribution is 2.25. The summed E-state index contributed by atoms with van der Waals surface area (Å²) in [6, 6.07) is 3.08. The number of hydrogen-bond donors (Lipinski definition) is 1. The van der Waals surface area contributed by atoms with Crippen molar-refractivity contribution >= 4 is 11.7 Å². The highest BCUT2D eigenvalue weighted by atomic mass is 19.1. The maximum absolute atomic E-state index is 13.8. The quantitative estimate of drug-likeness (QED) is 0.640. The van der Waals surface area contributed by atoms with Crippen LogP contribution in [0.5, 0.6) is 0 Å². The molecule has 21 heavy (non-hydrogen) atoms. The fourth-order valence-electron chi connectivity index (χ4n) is 1.65. The number of hydrogen-bond acceptors (Lipinski definition) is 6. The summed E-state index contributed by atoms with van der Waals surface area (Å²) in [6.45, 7) is 0. The van der Waals surface area contributed by atoms with Gasteiger partial charge in [-0.15, -0.1) is 10.2 Å². The van der Waals surface area contributed by atoms with Gasteiger partial charge < -0.3 is 9.52 Å². The van der Waals surface area contributed by atoms with Crippen LogP contribution in [0.4, 0.5) is 10.1 Å². The summed E-state index contributed by atoms with van der Waals surface area (Å²) in [5.74, 6) is -1.70. The molecular formula is C12H10FN3O5. The minimum Gasteiger partial charge on any atom is -0.481 e. The van der Waals surface area contributed by atoms with Crippen LogP contribution in [0, 0.1) is 15.9 Å². The summed E-state index contributed by atoms with van der Waals surface area (Å²) in [5.41, 5.74) is -0.421. The molecule has 1 aromatic heterocycles. The summed E-state index contributed by atoms with van der Waals surface area (Å²) >= 11 is 0. The standard InChI is InChI=1S/C12H10FN3O5/c13-9-6-7(16(19)20)4-5-8(9)12-15-14-10(21-12)2-1-3-11(17)18/h4-6H,1-3H2,(H,17,18). The second-order valence-electron chi connectivity index (χ2n) is 4.17. The van der Waals surface area contributed by atoms with Crippen LogP contribution in [0.2, 0.25) is 0 Å². The Labute approximate surface area is 117 Å².